The van der Waals surface area contributed by atoms with Crippen LogP contribution in [0.5, 0.6) is 5.75 Å². The molecule has 0 radical (unpaired) electrons. The monoisotopic (exact) mass is 318 g/mol. The van der Waals surface area contributed by atoms with E-state index < -0.39 is 0 Å². The zero-order chi connectivity index (χ0) is 15.9. The van der Waals surface area contributed by atoms with Crippen molar-refractivity contribution in [1.29, 1.82) is 0 Å². The lowest BCUT2D eigenvalue weighted by Gasteiger charge is -2.29. The highest BCUT2D eigenvalue weighted by atomic mass is 16.5. The van der Waals surface area contributed by atoms with Crippen LogP contribution in [0, 0.1) is 0 Å². The summed E-state index contributed by atoms with van der Waals surface area (Å²) in [5.41, 5.74) is 0. The fourth-order valence-corrected chi connectivity index (χ4v) is 3.30. The molecule has 5 nitrogen and oxygen atoms in total. The van der Waals surface area contributed by atoms with Crippen molar-refractivity contribution < 1.29 is 14.3 Å². The van der Waals surface area contributed by atoms with Crippen molar-refractivity contribution in [3.8, 4) is 5.75 Å². The number of hydrogen-bond donors (Lipinski definition) is 0. The molecule has 0 aromatic heterocycles. The molecule has 0 spiro atoms. The summed E-state index contributed by atoms with van der Waals surface area (Å²) in [5, 5.41) is 0. The molecule has 2 fully saturated rings. The molecule has 2 saturated heterocycles. The molecule has 23 heavy (non-hydrogen) atoms. The molecule has 2 aliphatic heterocycles. The van der Waals surface area contributed by atoms with Crippen LogP contribution in [0.3, 0.4) is 0 Å². The summed E-state index contributed by atoms with van der Waals surface area (Å²) >= 11 is 0. The van der Waals surface area contributed by atoms with Crippen LogP contribution in [0.1, 0.15) is 19.3 Å². The maximum Gasteiger partial charge on any atom is 0.224 e. The van der Waals surface area contributed by atoms with E-state index in [4.69, 9.17) is 9.47 Å². The molecule has 0 saturated carbocycles. The molecule has 2 aliphatic rings. The van der Waals surface area contributed by atoms with Crippen molar-refractivity contribution in [2.75, 3.05) is 46.0 Å². The summed E-state index contributed by atoms with van der Waals surface area (Å²) < 4.78 is 11.2. The number of likely N-dealkylation sites (tertiary alicyclic amines) is 1. The molecule has 3 rings (SSSR count). The second-order valence-corrected chi connectivity index (χ2v) is 6.20. The van der Waals surface area contributed by atoms with Crippen molar-refractivity contribution in [1.82, 2.24) is 9.80 Å². The lowest BCUT2D eigenvalue weighted by atomic mass is 10.2. The number of carbonyl (C=O) groups excluding carboxylic acids is 1. The molecule has 0 bridgehead atoms. The van der Waals surface area contributed by atoms with Crippen LogP contribution in [-0.2, 0) is 9.53 Å². The summed E-state index contributed by atoms with van der Waals surface area (Å²) in [6.07, 6.45) is 2.94. The van der Waals surface area contributed by atoms with Gasteiger partial charge in [-0.05, 0) is 31.5 Å². The van der Waals surface area contributed by atoms with Gasteiger partial charge in [0.05, 0.1) is 13.2 Å². The number of amides is 1. The molecule has 0 N–H and O–H groups in total. The number of rotatable bonds is 6. The van der Waals surface area contributed by atoms with Crippen LogP contribution in [0.25, 0.3) is 0 Å². The quantitative estimate of drug-likeness (QED) is 0.802. The number of hydrogen-bond acceptors (Lipinski definition) is 4. The Balaban J connectivity index is 1.42. The Labute approximate surface area is 138 Å². The van der Waals surface area contributed by atoms with Gasteiger partial charge >= 0.3 is 0 Å². The van der Waals surface area contributed by atoms with Crippen LogP contribution in [0.15, 0.2) is 30.3 Å². The van der Waals surface area contributed by atoms with Crippen LogP contribution < -0.4 is 4.74 Å². The SMILES string of the molecule is O=C(CCN1CCC[C@H]1COc1ccccc1)N1CCOCC1. The second kappa shape index (κ2) is 8.31. The lowest BCUT2D eigenvalue weighted by molar-refractivity contribution is -0.135. The smallest absolute Gasteiger partial charge is 0.224 e. The zero-order valence-corrected chi connectivity index (χ0v) is 13.7. The number of nitrogens with zero attached hydrogens (tertiary/aromatic N) is 2. The Kier molecular flexibility index (Phi) is 5.88. The minimum atomic E-state index is 0.253. The van der Waals surface area contributed by atoms with Gasteiger partial charge in [0, 0.05) is 32.1 Å². The molecule has 5 heteroatoms. The fraction of sp³-hybridized carbons (Fsp3) is 0.611. The molecule has 126 valence electrons. The van der Waals surface area contributed by atoms with Crippen molar-refractivity contribution in [3.05, 3.63) is 30.3 Å². The van der Waals surface area contributed by atoms with Crippen LogP contribution in [0.2, 0.25) is 0 Å². The van der Waals surface area contributed by atoms with E-state index in [2.05, 4.69) is 4.90 Å². The Morgan fingerprint density at radius 2 is 1.96 bits per heavy atom. The molecule has 0 unspecified atom stereocenters. The van der Waals surface area contributed by atoms with E-state index in [0.29, 0.717) is 32.3 Å². The highest BCUT2D eigenvalue weighted by Crippen LogP contribution is 2.19. The van der Waals surface area contributed by atoms with Gasteiger partial charge in [0.15, 0.2) is 0 Å². The molecule has 1 amide bonds. The Bertz CT molecular complexity index is 488. The number of para-hydroxylation sites is 1. The van der Waals surface area contributed by atoms with E-state index in [1.54, 1.807) is 0 Å². The Hall–Kier alpha value is -1.59. The second-order valence-electron chi connectivity index (χ2n) is 6.20. The first kappa shape index (κ1) is 16.3. The molecular weight excluding hydrogens is 292 g/mol. The Morgan fingerprint density at radius 1 is 1.17 bits per heavy atom. The largest absolute Gasteiger partial charge is 0.492 e. The number of morpholine rings is 1. The fourth-order valence-electron chi connectivity index (χ4n) is 3.30. The topological polar surface area (TPSA) is 42.0 Å². The van der Waals surface area contributed by atoms with Gasteiger partial charge in [-0.2, -0.15) is 0 Å². The predicted molar refractivity (Wildman–Crippen MR) is 88.5 cm³/mol. The van der Waals surface area contributed by atoms with E-state index >= 15 is 0 Å². The molecule has 2 heterocycles. The Morgan fingerprint density at radius 3 is 2.74 bits per heavy atom. The standard InChI is InChI=1S/C18H26N2O3/c21-18(20-11-13-22-14-12-20)8-10-19-9-4-5-16(19)15-23-17-6-2-1-3-7-17/h1-3,6-7,16H,4-5,8-15H2/t16-/m0/s1. The van der Waals surface area contributed by atoms with Gasteiger partial charge in [0.1, 0.15) is 12.4 Å². The highest BCUT2D eigenvalue weighted by molar-refractivity contribution is 5.76. The number of carbonyl (C=O) groups is 1. The van der Waals surface area contributed by atoms with Crippen molar-refractivity contribution in [2.24, 2.45) is 0 Å². The third-order valence-electron chi connectivity index (χ3n) is 4.66. The molecule has 1 atom stereocenters. The summed E-state index contributed by atoms with van der Waals surface area (Å²) in [6, 6.07) is 10.4. The van der Waals surface area contributed by atoms with Crippen molar-refractivity contribution >= 4 is 5.91 Å². The predicted octanol–water partition coefficient (Wildman–Crippen LogP) is 1.78. The lowest BCUT2D eigenvalue weighted by Crippen LogP contribution is -2.43. The first-order valence-corrected chi connectivity index (χ1v) is 8.60. The third kappa shape index (κ3) is 4.69. The summed E-state index contributed by atoms with van der Waals surface area (Å²) in [5.74, 6) is 1.17. The van der Waals surface area contributed by atoms with Gasteiger partial charge in [-0.15, -0.1) is 0 Å². The van der Waals surface area contributed by atoms with E-state index in [-0.39, 0.29) is 5.91 Å². The number of ether oxygens (including phenoxy) is 2. The summed E-state index contributed by atoms with van der Waals surface area (Å²) in [4.78, 5) is 16.6. The first-order chi connectivity index (χ1) is 11.3. The molecule has 1 aromatic carbocycles. The molecule has 1 aromatic rings. The zero-order valence-electron chi connectivity index (χ0n) is 13.7. The van der Waals surface area contributed by atoms with Crippen LogP contribution >= 0.6 is 0 Å². The van der Waals surface area contributed by atoms with E-state index in [9.17, 15) is 4.79 Å². The van der Waals surface area contributed by atoms with Crippen LogP contribution in [-0.4, -0.2) is 67.7 Å². The average Bonchev–Trinajstić information content (AvgIpc) is 3.07. The van der Waals surface area contributed by atoms with Gasteiger partial charge in [0.2, 0.25) is 5.91 Å². The number of benzene rings is 1. The maximum absolute atomic E-state index is 12.3. The maximum atomic E-state index is 12.3. The average molecular weight is 318 g/mol. The van der Waals surface area contributed by atoms with Crippen LogP contribution in [0.4, 0.5) is 0 Å². The first-order valence-electron chi connectivity index (χ1n) is 8.60. The van der Waals surface area contributed by atoms with Crippen molar-refractivity contribution in [3.63, 3.8) is 0 Å². The van der Waals surface area contributed by atoms with E-state index in [0.717, 1.165) is 38.3 Å². The summed E-state index contributed by atoms with van der Waals surface area (Å²) in [7, 11) is 0. The van der Waals surface area contributed by atoms with E-state index in [1.807, 2.05) is 35.2 Å². The van der Waals surface area contributed by atoms with Gasteiger partial charge in [-0.25, -0.2) is 0 Å². The normalized spacial score (nSPS) is 22.3. The van der Waals surface area contributed by atoms with Gasteiger partial charge in [-0.3, -0.25) is 9.69 Å². The van der Waals surface area contributed by atoms with Gasteiger partial charge < -0.3 is 14.4 Å². The molecule has 0 aliphatic carbocycles. The summed E-state index contributed by atoms with van der Waals surface area (Å²) in [6.45, 7) is 5.42. The highest BCUT2D eigenvalue weighted by Gasteiger charge is 2.26. The van der Waals surface area contributed by atoms with E-state index in [1.165, 1.54) is 6.42 Å². The minimum Gasteiger partial charge on any atom is -0.492 e. The molecular formula is C18H26N2O3. The van der Waals surface area contributed by atoms with Gasteiger partial charge in [-0.1, -0.05) is 18.2 Å². The third-order valence-corrected chi connectivity index (χ3v) is 4.66. The van der Waals surface area contributed by atoms with Gasteiger partial charge in [0.25, 0.3) is 0 Å². The minimum absolute atomic E-state index is 0.253. The van der Waals surface area contributed by atoms with Crippen molar-refractivity contribution in [2.45, 2.75) is 25.3 Å².